The Labute approximate surface area is 142 Å². The molecule has 5 heteroatoms. The van der Waals surface area contributed by atoms with Crippen molar-refractivity contribution in [2.45, 2.75) is 26.3 Å². The van der Waals surface area contributed by atoms with E-state index in [0.717, 1.165) is 33.9 Å². The van der Waals surface area contributed by atoms with Crippen molar-refractivity contribution in [3.8, 4) is 11.5 Å². The van der Waals surface area contributed by atoms with Crippen molar-refractivity contribution in [1.29, 1.82) is 0 Å². The SMILES string of the molecule is COc1ccc2c(c1)C[C@H](NC(=O)Nc1cc(C)ccc1C)CO2. The summed E-state index contributed by atoms with van der Waals surface area (Å²) in [7, 11) is 1.64. The summed E-state index contributed by atoms with van der Waals surface area (Å²) in [6, 6.07) is 11.4. The Morgan fingerprint density at radius 2 is 2.04 bits per heavy atom. The summed E-state index contributed by atoms with van der Waals surface area (Å²) in [5, 5.41) is 5.89. The summed E-state index contributed by atoms with van der Waals surface area (Å²) in [6.07, 6.45) is 0.715. The average Bonchev–Trinajstić information content (AvgIpc) is 2.57. The number of carbonyl (C=O) groups excluding carboxylic acids is 1. The number of ether oxygens (including phenoxy) is 2. The highest BCUT2D eigenvalue weighted by Gasteiger charge is 2.22. The molecule has 0 saturated heterocycles. The van der Waals surface area contributed by atoms with Gasteiger partial charge in [-0.3, -0.25) is 0 Å². The molecule has 1 atom stereocenters. The number of rotatable bonds is 3. The van der Waals surface area contributed by atoms with Gasteiger partial charge in [0.15, 0.2) is 0 Å². The van der Waals surface area contributed by atoms with E-state index in [1.54, 1.807) is 7.11 Å². The van der Waals surface area contributed by atoms with E-state index in [-0.39, 0.29) is 12.1 Å². The first kappa shape index (κ1) is 16.2. The number of anilines is 1. The number of benzene rings is 2. The number of nitrogens with one attached hydrogen (secondary N) is 2. The van der Waals surface area contributed by atoms with E-state index < -0.39 is 0 Å². The van der Waals surface area contributed by atoms with Crippen molar-refractivity contribution >= 4 is 11.7 Å². The highest BCUT2D eigenvalue weighted by molar-refractivity contribution is 5.90. The number of hydrogen-bond acceptors (Lipinski definition) is 3. The average molecular weight is 326 g/mol. The minimum absolute atomic E-state index is 0.0743. The van der Waals surface area contributed by atoms with Crippen molar-refractivity contribution in [3.05, 3.63) is 53.1 Å². The van der Waals surface area contributed by atoms with Crippen LogP contribution in [0.15, 0.2) is 36.4 Å². The predicted octanol–water partition coefficient (Wildman–Crippen LogP) is 3.44. The van der Waals surface area contributed by atoms with Gasteiger partial charge in [0.25, 0.3) is 0 Å². The largest absolute Gasteiger partial charge is 0.497 e. The third kappa shape index (κ3) is 3.62. The van der Waals surface area contributed by atoms with Crippen LogP contribution in [-0.4, -0.2) is 25.8 Å². The summed E-state index contributed by atoms with van der Waals surface area (Å²) in [6.45, 7) is 4.43. The van der Waals surface area contributed by atoms with Crippen molar-refractivity contribution in [3.63, 3.8) is 0 Å². The molecule has 0 spiro atoms. The van der Waals surface area contributed by atoms with Gasteiger partial charge in [0, 0.05) is 5.69 Å². The van der Waals surface area contributed by atoms with Crippen LogP contribution in [0, 0.1) is 13.8 Å². The van der Waals surface area contributed by atoms with Gasteiger partial charge in [0.05, 0.1) is 13.2 Å². The third-order valence-corrected chi connectivity index (χ3v) is 4.15. The maximum Gasteiger partial charge on any atom is 0.319 e. The highest BCUT2D eigenvalue weighted by Crippen LogP contribution is 2.28. The lowest BCUT2D eigenvalue weighted by Gasteiger charge is -2.26. The Bertz CT molecular complexity index is 758. The molecule has 0 unspecified atom stereocenters. The van der Waals surface area contributed by atoms with Gasteiger partial charge < -0.3 is 20.1 Å². The molecule has 0 fully saturated rings. The third-order valence-electron chi connectivity index (χ3n) is 4.15. The molecule has 0 radical (unpaired) electrons. The second-order valence-electron chi connectivity index (χ2n) is 6.10. The monoisotopic (exact) mass is 326 g/mol. The predicted molar refractivity (Wildman–Crippen MR) is 94.1 cm³/mol. The minimum Gasteiger partial charge on any atom is -0.497 e. The number of aryl methyl sites for hydroxylation is 2. The molecule has 2 aromatic rings. The second kappa shape index (κ2) is 6.83. The lowest BCUT2D eigenvalue weighted by molar-refractivity contribution is 0.222. The molecule has 126 valence electrons. The standard InChI is InChI=1S/C19H22N2O3/c1-12-4-5-13(2)17(8-12)21-19(22)20-15-9-14-10-16(23-3)6-7-18(14)24-11-15/h4-8,10,15H,9,11H2,1-3H3,(H2,20,21,22)/t15-/m0/s1. The Morgan fingerprint density at radius 3 is 2.83 bits per heavy atom. The van der Waals surface area contributed by atoms with E-state index in [2.05, 4.69) is 10.6 Å². The van der Waals surface area contributed by atoms with E-state index in [1.807, 2.05) is 50.2 Å². The van der Waals surface area contributed by atoms with Gasteiger partial charge >= 0.3 is 6.03 Å². The van der Waals surface area contributed by atoms with Gasteiger partial charge in [-0.2, -0.15) is 0 Å². The Hall–Kier alpha value is -2.69. The summed E-state index contributed by atoms with van der Waals surface area (Å²) in [5.74, 6) is 1.64. The maximum atomic E-state index is 12.3. The molecule has 1 heterocycles. The Balaban J connectivity index is 1.64. The molecule has 24 heavy (non-hydrogen) atoms. The molecule has 0 aliphatic carbocycles. The van der Waals surface area contributed by atoms with E-state index in [1.165, 1.54) is 0 Å². The van der Waals surface area contributed by atoms with Crippen LogP contribution in [0.3, 0.4) is 0 Å². The van der Waals surface area contributed by atoms with Crippen molar-refractivity contribution in [1.82, 2.24) is 5.32 Å². The zero-order valence-electron chi connectivity index (χ0n) is 14.2. The number of fused-ring (bicyclic) bond motifs is 1. The van der Waals surface area contributed by atoms with Gasteiger partial charge in [-0.15, -0.1) is 0 Å². The molecule has 3 rings (SSSR count). The van der Waals surface area contributed by atoms with Crippen LogP contribution < -0.4 is 20.1 Å². The first-order valence-electron chi connectivity index (χ1n) is 7.99. The van der Waals surface area contributed by atoms with Crippen molar-refractivity contribution in [2.24, 2.45) is 0 Å². The fraction of sp³-hybridized carbons (Fsp3) is 0.316. The van der Waals surface area contributed by atoms with Crippen LogP contribution in [0.2, 0.25) is 0 Å². The lowest BCUT2D eigenvalue weighted by Crippen LogP contribution is -2.44. The maximum absolute atomic E-state index is 12.3. The molecule has 0 aromatic heterocycles. The first-order chi connectivity index (χ1) is 11.5. The van der Waals surface area contributed by atoms with Crippen LogP contribution in [0.25, 0.3) is 0 Å². The zero-order chi connectivity index (χ0) is 17.1. The fourth-order valence-corrected chi connectivity index (χ4v) is 2.80. The first-order valence-corrected chi connectivity index (χ1v) is 7.99. The smallest absolute Gasteiger partial charge is 0.319 e. The summed E-state index contributed by atoms with van der Waals surface area (Å²) >= 11 is 0. The van der Waals surface area contributed by atoms with Crippen molar-refractivity contribution in [2.75, 3.05) is 19.0 Å². The van der Waals surface area contributed by atoms with Crippen LogP contribution in [-0.2, 0) is 6.42 Å². The van der Waals surface area contributed by atoms with Gasteiger partial charge in [-0.1, -0.05) is 12.1 Å². The van der Waals surface area contributed by atoms with Crippen LogP contribution in [0.5, 0.6) is 11.5 Å². The van der Waals surface area contributed by atoms with Gasteiger partial charge in [-0.05, 0) is 61.2 Å². The number of methoxy groups -OCH3 is 1. The number of carbonyl (C=O) groups is 1. The summed E-state index contributed by atoms with van der Waals surface area (Å²) in [5.41, 5.74) is 4.01. The quantitative estimate of drug-likeness (QED) is 0.908. The fourth-order valence-electron chi connectivity index (χ4n) is 2.80. The lowest BCUT2D eigenvalue weighted by atomic mass is 10.0. The van der Waals surface area contributed by atoms with E-state index in [9.17, 15) is 4.79 Å². The van der Waals surface area contributed by atoms with E-state index >= 15 is 0 Å². The normalized spacial score (nSPS) is 15.9. The van der Waals surface area contributed by atoms with Crippen LogP contribution in [0.4, 0.5) is 10.5 Å². The molecule has 2 aromatic carbocycles. The molecule has 0 bridgehead atoms. The van der Waals surface area contributed by atoms with Gasteiger partial charge in [0.1, 0.15) is 18.1 Å². The van der Waals surface area contributed by atoms with Crippen molar-refractivity contribution < 1.29 is 14.3 Å². The summed E-state index contributed by atoms with van der Waals surface area (Å²) in [4.78, 5) is 12.3. The minimum atomic E-state index is -0.219. The molecule has 0 saturated carbocycles. The molecular formula is C19H22N2O3. The molecule has 1 aliphatic heterocycles. The summed E-state index contributed by atoms with van der Waals surface area (Å²) < 4.78 is 11.0. The van der Waals surface area contributed by atoms with E-state index in [0.29, 0.717) is 13.0 Å². The van der Waals surface area contributed by atoms with E-state index in [4.69, 9.17) is 9.47 Å². The molecular weight excluding hydrogens is 304 g/mol. The number of urea groups is 1. The Morgan fingerprint density at radius 1 is 1.21 bits per heavy atom. The van der Waals surface area contributed by atoms with Crippen LogP contribution >= 0.6 is 0 Å². The molecule has 2 N–H and O–H groups in total. The topological polar surface area (TPSA) is 59.6 Å². The number of hydrogen-bond donors (Lipinski definition) is 2. The Kier molecular flexibility index (Phi) is 4.60. The molecule has 2 amide bonds. The molecule has 1 aliphatic rings. The second-order valence-corrected chi connectivity index (χ2v) is 6.10. The highest BCUT2D eigenvalue weighted by atomic mass is 16.5. The van der Waals surface area contributed by atoms with Gasteiger partial charge in [0.2, 0.25) is 0 Å². The van der Waals surface area contributed by atoms with Crippen LogP contribution in [0.1, 0.15) is 16.7 Å². The number of amides is 2. The molecule has 5 nitrogen and oxygen atoms in total. The zero-order valence-corrected chi connectivity index (χ0v) is 14.2. The van der Waals surface area contributed by atoms with Gasteiger partial charge in [-0.25, -0.2) is 4.79 Å².